The summed E-state index contributed by atoms with van der Waals surface area (Å²) in [7, 11) is -1.62. The smallest absolute Gasteiger partial charge is 0.330 e. The van der Waals surface area contributed by atoms with E-state index < -0.39 is 27.7 Å². The number of ketones is 1. The van der Waals surface area contributed by atoms with Crippen molar-refractivity contribution in [3.63, 3.8) is 0 Å². The highest BCUT2D eigenvalue weighted by atomic mass is 32.2. The Bertz CT molecular complexity index is 334. The van der Waals surface area contributed by atoms with Crippen molar-refractivity contribution in [1.82, 2.24) is 4.31 Å². The van der Waals surface area contributed by atoms with E-state index in [1.807, 2.05) is 20.8 Å². The Balaban J connectivity index is 2.88. The van der Waals surface area contributed by atoms with Crippen LogP contribution in [0.4, 0.5) is 0 Å². The average molecular weight is 247 g/mol. The van der Waals surface area contributed by atoms with Crippen molar-refractivity contribution in [3.05, 3.63) is 0 Å². The molecule has 0 spiro atoms. The number of ether oxygens (including phenoxy) is 1. The van der Waals surface area contributed by atoms with Gasteiger partial charge in [0.15, 0.2) is 5.78 Å². The zero-order valence-corrected chi connectivity index (χ0v) is 10.8. The minimum atomic E-state index is -1.62. The number of esters is 1. The summed E-state index contributed by atoms with van der Waals surface area (Å²) in [4.78, 5) is 23.1. The molecule has 0 aromatic heterocycles. The summed E-state index contributed by atoms with van der Waals surface area (Å²) in [6, 6.07) is 0. The van der Waals surface area contributed by atoms with Crippen molar-refractivity contribution in [3.8, 4) is 0 Å². The summed E-state index contributed by atoms with van der Waals surface area (Å²) >= 11 is 0. The molecule has 0 radical (unpaired) electrons. The number of Topliss-reactive ketones (excluding diaryl/α,β-unsaturated/α-hetero) is 1. The molecule has 1 aliphatic heterocycles. The van der Waals surface area contributed by atoms with Gasteiger partial charge in [0.05, 0.1) is 13.2 Å². The third-order valence-electron chi connectivity index (χ3n) is 2.26. The molecule has 16 heavy (non-hydrogen) atoms. The summed E-state index contributed by atoms with van der Waals surface area (Å²) in [6.45, 7) is 7.44. The van der Waals surface area contributed by atoms with Gasteiger partial charge in [-0.2, -0.15) is 0 Å². The van der Waals surface area contributed by atoms with Gasteiger partial charge in [0.1, 0.15) is 11.0 Å². The Morgan fingerprint density at radius 3 is 2.50 bits per heavy atom. The van der Waals surface area contributed by atoms with Crippen molar-refractivity contribution >= 4 is 22.7 Å². The van der Waals surface area contributed by atoms with Crippen molar-refractivity contribution in [1.29, 1.82) is 0 Å². The van der Waals surface area contributed by atoms with E-state index in [-0.39, 0.29) is 18.9 Å². The number of hydrogen-bond acceptors (Lipinski definition) is 4. The molecule has 2 unspecified atom stereocenters. The van der Waals surface area contributed by atoms with E-state index in [0.29, 0.717) is 0 Å². The van der Waals surface area contributed by atoms with Crippen molar-refractivity contribution in [2.75, 3.05) is 13.2 Å². The van der Waals surface area contributed by atoms with Gasteiger partial charge in [-0.3, -0.25) is 9.59 Å². The van der Waals surface area contributed by atoms with E-state index in [4.69, 9.17) is 4.74 Å². The van der Waals surface area contributed by atoms with Gasteiger partial charge in [0, 0.05) is 5.54 Å². The van der Waals surface area contributed by atoms with Crippen LogP contribution in [0.25, 0.3) is 0 Å². The van der Waals surface area contributed by atoms with Gasteiger partial charge in [-0.25, -0.2) is 8.51 Å². The maximum Gasteiger partial charge on any atom is 0.330 e. The molecule has 92 valence electrons. The molecule has 0 aromatic carbocycles. The predicted octanol–water partition coefficient (Wildman–Crippen LogP) is 0.265. The summed E-state index contributed by atoms with van der Waals surface area (Å²) in [5, 5.41) is -1.14. The van der Waals surface area contributed by atoms with Crippen LogP contribution in [0.1, 0.15) is 27.7 Å². The van der Waals surface area contributed by atoms with Gasteiger partial charge >= 0.3 is 5.97 Å². The monoisotopic (exact) mass is 247 g/mol. The topological polar surface area (TPSA) is 63.7 Å². The molecule has 6 heteroatoms. The summed E-state index contributed by atoms with van der Waals surface area (Å²) < 4.78 is 18.3. The lowest BCUT2D eigenvalue weighted by molar-refractivity contribution is -0.144. The number of carbonyl (C=O) groups excluding carboxylic acids is 2. The minimum Gasteiger partial charge on any atom is -0.465 e. The van der Waals surface area contributed by atoms with Crippen LogP contribution < -0.4 is 0 Å². The number of hydrogen-bond donors (Lipinski definition) is 0. The minimum absolute atomic E-state index is 0.0413. The maximum absolute atomic E-state index is 12.0. The van der Waals surface area contributed by atoms with Crippen molar-refractivity contribution in [2.24, 2.45) is 0 Å². The Hall–Kier alpha value is -0.750. The second-order valence-corrected chi connectivity index (χ2v) is 6.05. The van der Waals surface area contributed by atoms with Crippen LogP contribution in [0.2, 0.25) is 0 Å². The largest absolute Gasteiger partial charge is 0.465 e. The molecule has 5 nitrogen and oxygen atoms in total. The number of nitrogens with zero attached hydrogens (tertiary/aromatic N) is 1. The zero-order valence-electron chi connectivity index (χ0n) is 9.98. The van der Waals surface area contributed by atoms with Gasteiger partial charge in [-0.1, -0.05) is 0 Å². The van der Waals surface area contributed by atoms with Crippen LogP contribution in [0.3, 0.4) is 0 Å². The molecular weight excluding hydrogens is 230 g/mol. The molecule has 0 saturated carbocycles. The first-order valence-electron chi connectivity index (χ1n) is 5.16. The Morgan fingerprint density at radius 2 is 2.12 bits per heavy atom. The van der Waals surface area contributed by atoms with Crippen molar-refractivity contribution < 1.29 is 18.5 Å². The molecule has 1 aliphatic rings. The predicted molar refractivity (Wildman–Crippen MR) is 60.0 cm³/mol. The van der Waals surface area contributed by atoms with E-state index in [2.05, 4.69) is 0 Å². The Kier molecular flexibility index (Phi) is 3.85. The molecule has 1 fully saturated rings. The molecule has 0 bridgehead atoms. The molecule has 2 atom stereocenters. The highest BCUT2D eigenvalue weighted by molar-refractivity contribution is 7.85. The van der Waals surface area contributed by atoms with Gasteiger partial charge in [-0.15, -0.1) is 0 Å². The summed E-state index contributed by atoms with van der Waals surface area (Å²) in [6.07, 6.45) is 0. The third-order valence-corrected chi connectivity index (χ3v) is 4.23. The van der Waals surface area contributed by atoms with Crippen LogP contribution in [-0.2, 0) is 25.3 Å². The zero-order chi connectivity index (χ0) is 12.5. The number of rotatable bonds is 2. The van der Waals surface area contributed by atoms with Crippen molar-refractivity contribution in [2.45, 2.75) is 38.5 Å². The van der Waals surface area contributed by atoms with Gasteiger partial charge < -0.3 is 4.74 Å². The lowest BCUT2D eigenvalue weighted by Gasteiger charge is -2.28. The molecule has 1 rings (SSSR count). The lowest BCUT2D eigenvalue weighted by Crippen LogP contribution is -2.41. The van der Waals surface area contributed by atoms with Gasteiger partial charge in [0.25, 0.3) is 0 Å². The van der Waals surface area contributed by atoms with Gasteiger partial charge in [0.2, 0.25) is 5.25 Å². The third kappa shape index (κ3) is 2.49. The molecule has 0 aliphatic carbocycles. The van der Waals surface area contributed by atoms with Crippen LogP contribution in [0.5, 0.6) is 0 Å². The molecular formula is C10H17NO4S. The second kappa shape index (κ2) is 4.63. The SMILES string of the molecule is CCOC(=O)C1C(=O)CN(C(C)(C)C)S1=O. The van der Waals surface area contributed by atoms with Crippen LogP contribution in [0.15, 0.2) is 0 Å². The average Bonchev–Trinajstić information content (AvgIpc) is 2.41. The maximum atomic E-state index is 12.0. The second-order valence-electron chi connectivity index (χ2n) is 4.58. The van der Waals surface area contributed by atoms with E-state index in [9.17, 15) is 13.8 Å². The normalized spacial score (nSPS) is 27.1. The Labute approximate surface area is 97.7 Å². The van der Waals surface area contributed by atoms with Crippen LogP contribution in [0, 0.1) is 0 Å². The summed E-state index contributed by atoms with van der Waals surface area (Å²) in [5.74, 6) is -1.01. The highest BCUT2D eigenvalue weighted by Gasteiger charge is 2.48. The molecule has 1 heterocycles. The molecule has 1 saturated heterocycles. The van der Waals surface area contributed by atoms with Crippen LogP contribution >= 0.6 is 0 Å². The number of carbonyl (C=O) groups is 2. The fraction of sp³-hybridized carbons (Fsp3) is 0.800. The first kappa shape index (κ1) is 13.3. The van der Waals surface area contributed by atoms with E-state index in [0.717, 1.165) is 0 Å². The Morgan fingerprint density at radius 1 is 1.56 bits per heavy atom. The highest BCUT2D eigenvalue weighted by Crippen LogP contribution is 2.25. The van der Waals surface area contributed by atoms with E-state index >= 15 is 0 Å². The fourth-order valence-electron chi connectivity index (χ4n) is 1.47. The molecule has 0 amide bonds. The lowest BCUT2D eigenvalue weighted by atomic mass is 10.1. The standard InChI is InChI=1S/C10H17NO4S/c1-5-15-9(13)8-7(12)6-11(16(8)14)10(2,3)4/h8H,5-6H2,1-4H3. The molecule has 0 aromatic rings. The van der Waals surface area contributed by atoms with E-state index in [1.165, 1.54) is 4.31 Å². The van der Waals surface area contributed by atoms with Gasteiger partial charge in [-0.05, 0) is 27.7 Å². The quantitative estimate of drug-likeness (QED) is 0.519. The fourth-order valence-corrected chi connectivity index (χ4v) is 3.05. The first-order valence-corrected chi connectivity index (χ1v) is 6.33. The van der Waals surface area contributed by atoms with E-state index in [1.54, 1.807) is 6.92 Å². The first-order chi connectivity index (χ1) is 7.29. The molecule has 0 N–H and O–H groups in total. The summed E-state index contributed by atoms with van der Waals surface area (Å²) in [5.41, 5.74) is -0.401. The van der Waals surface area contributed by atoms with Crippen LogP contribution in [-0.4, -0.2) is 44.2 Å².